The highest BCUT2D eigenvalue weighted by Gasteiger charge is 2.18. The number of hydrogen-bond donors (Lipinski definition) is 2. The molecule has 0 aromatic carbocycles. The van der Waals surface area contributed by atoms with Gasteiger partial charge < -0.3 is 15.5 Å². The number of nitrogens with two attached hydrogens (primary N) is 1. The van der Waals surface area contributed by atoms with Crippen molar-refractivity contribution < 1.29 is 9.21 Å². The van der Waals surface area contributed by atoms with Crippen molar-refractivity contribution in [1.82, 2.24) is 20.3 Å². The van der Waals surface area contributed by atoms with Gasteiger partial charge in [-0.3, -0.25) is 4.79 Å². The summed E-state index contributed by atoms with van der Waals surface area (Å²) in [4.78, 5) is 12.0. The Morgan fingerprint density at radius 2 is 2.40 bits per heavy atom. The Bertz CT molecular complexity index is 549. The maximum Gasteiger partial charge on any atom is 0.245 e. The van der Waals surface area contributed by atoms with Crippen LogP contribution in [-0.2, 0) is 11.3 Å². The van der Waals surface area contributed by atoms with Gasteiger partial charge in [-0.15, -0.1) is 5.10 Å². The predicted octanol–water partition coefficient (Wildman–Crippen LogP) is 1.16. The van der Waals surface area contributed by atoms with Gasteiger partial charge in [0, 0.05) is 0 Å². The molecule has 7 heteroatoms. The van der Waals surface area contributed by atoms with Crippen LogP contribution in [0.3, 0.4) is 0 Å². The summed E-state index contributed by atoms with van der Waals surface area (Å²) in [5.74, 6) is 0.556. The van der Waals surface area contributed by atoms with E-state index in [1.54, 1.807) is 31.5 Å². The van der Waals surface area contributed by atoms with Crippen LogP contribution < -0.4 is 11.1 Å². The molecule has 2 unspecified atom stereocenters. The molecular weight excluding hydrogens is 258 g/mol. The molecule has 0 aliphatic carbocycles. The van der Waals surface area contributed by atoms with E-state index in [9.17, 15) is 4.79 Å². The Balaban J connectivity index is 1.94. The molecule has 0 saturated heterocycles. The number of aromatic nitrogens is 3. The molecule has 2 atom stereocenters. The topological polar surface area (TPSA) is 99.0 Å². The van der Waals surface area contributed by atoms with Crippen LogP contribution in [0.5, 0.6) is 0 Å². The van der Waals surface area contributed by atoms with Gasteiger partial charge in [-0.2, -0.15) is 0 Å². The molecule has 0 fully saturated rings. The molecule has 7 nitrogen and oxygen atoms in total. The van der Waals surface area contributed by atoms with Crippen LogP contribution >= 0.6 is 0 Å². The van der Waals surface area contributed by atoms with E-state index in [1.807, 2.05) is 6.92 Å². The first-order valence-corrected chi connectivity index (χ1v) is 6.59. The normalized spacial score (nSPS) is 13.9. The predicted molar refractivity (Wildman–Crippen MR) is 72.5 cm³/mol. The minimum absolute atomic E-state index is 0.150. The monoisotopic (exact) mass is 277 g/mol. The molecule has 0 saturated carbocycles. The van der Waals surface area contributed by atoms with Crippen molar-refractivity contribution in [3.8, 4) is 0 Å². The van der Waals surface area contributed by atoms with Gasteiger partial charge in [0.05, 0.1) is 30.7 Å². The van der Waals surface area contributed by atoms with Gasteiger partial charge in [-0.25, -0.2) is 4.68 Å². The van der Waals surface area contributed by atoms with Crippen molar-refractivity contribution in [2.24, 2.45) is 5.73 Å². The average molecular weight is 277 g/mol. The van der Waals surface area contributed by atoms with E-state index >= 15 is 0 Å². The number of rotatable bonds is 6. The van der Waals surface area contributed by atoms with E-state index in [0.29, 0.717) is 18.0 Å². The summed E-state index contributed by atoms with van der Waals surface area (Å²) in [5.41, 5.74) is 6.57. The molecule has 20 heavy (non-hydrogen) atoms. The van der Waals surface area contributed by atoms with Crippen LogP contribution in [0.1, 0.15) is 43.8 Å². The Kier molecular flexibility index (Phi) is 4.52. The fraction of sp³-hybridized carbons (Fsp3) is 0.462. The highest BCUT2D eigenvalue weighted by molar-refractivity contribution is 5.79. The lowest BCUT2D eigenvalue weighted by atomic mass is 10.2. The van der Waals surface area contributed by atoms with Gasteiger partial charge in [0.1, 0.15) is 11.8 Å². The van der Waals surface area contributed by atoms with Crippen molar-refractivity contribution in [1.29, 1.82) is 0 Å². The number of carbonyl (C=O) groups excluding carboxylic acids is 1. The summed E-state index contributed by atoms with van der Waals surface area (Å²) in [7, 11) is 0. The standard InChI is InChI=1S/C13H19N5O2/c1-3-11(14)12-8-18(17-16-12)9(2)13(19)15-7-10-5-4-6-20-10/h4-6,8-9,11H,3,7,14H2,1-2H3,(H,15,19). The minimum Gasteiger partial charge on any atom is -0.467 e. The maximum absolute atomic E-state index is 12.0. The molecule has 0 aliphatic rings. The molecule has 1 amide bonds. The Morgan fingerprint density at radius 1 is 1.60 bits per heavy atom. The summed E-state index contributed by atoms with van der Waals surface area (Å²) >= 11 is 0. The summed E-state index contributed by atoms with van der Waals surface area (Å²) in [6.45, 7) is 4.09. The number of amides is 1. The third-order valence-electron chi connectivity index (χ3n) is 3.14. The zero-order valence-electron chi connectivity index (χ0n) is 11.6. The third kappa shape index (κ3) is 3.24. The zero-order chi connectivity index (χ0) is 14.5. The van der Waals surface area contributed by atoms with Crippen LogP contribution in [0, 0.1) is 0 Å². The molecule has 2 aromatic heterocycles. The van der Waals surface area contributed by atoms with Crippen LogP contribution in [0.25, 0.3) is 0 Å². The minimum atomic E-state index is -0.449. The lowest BCUT2D eigenvalue weighted by Crippen LogP contribution is -2.30. The van der Waals surface area contributed by atoms with Crippen LogP contribution in [-0.4, -0.2) is 20.9 Å². The van der Waals surface area contributed by atoms with E-state index < -0.39 is 6.04 Å². The SMILES string of the molecule is CCC(N)c1cn(C(C)C(=O)NCc2ccco2)nn1. The van der Waals surface area contributed by atoms with Crippen LogP contribution in [0.4, 0.5) is 0 Å². The highest BCUT2D eigenvalue weighted by atomic mass is 16.3. The van der Waals surface area contributed by atoms with Crippen molar-refractivity contribution in [3.63, 3.8) is 0 Å². The molecule has 2 aromatic rings. The summed E-state index contributed by atoms with van der Waals surface area (Å²) in [5, 5.41) is 10.7. The number of nitrogens with one attached hydrogen (secondary N) is 1. The number of hydrogen-bond acceptors (Lipinski definition) is 5. The molecule has 2 rings (SSSR count). The second-order valence-electron chi connectivity index (χ2n) is 4.61. The number of nitrogens with zero attached hydrogens (tertiary/aromatic N) is 3. The first-order valence-electron chi connectivity index (χ1n) is 6.59. The Labute approximate surface area is 117 Å². The molecule has 3 N–H and O–H groups in total. The van der Waals surface area contributed by atoms with Crippen LogP contribution in [0.15, 0.2) is 29.0 Å². The number of carbonyl (C=O) groups is 1. The highest BCUT2D eigenvalue weighted by Crippen LogP contribution is 2.12. The molecule has 2 heterocycles. The van der Waals surface area contributed by atoms with E-state index in [2.05, 4.69) is 15.6 Å². The fourth-order valence-corrected chi connectivity index (χ4v) is 1.71. The maximum atomic E-state index is 12.0. The third-order valence-corrected chi connectivity index (χ3v) is 3.14. The van der Waals surface area contributed by atoms with Gasteiger partial charge in [0.15, 0.2) is 0 Å². The lowest BCUT2D eigenvalue weighted by Gasteiger charge is -2.11. The van der Waals surface area contributed by atoms with Crippen molar-refractivity contribution >= 4 is 5.91 Å². The first-order chi connectivity index (χ1) is 9.61. The van der Waals surface area contributed by atoms with Crippen molar-refractivity contribution in [2.75, 3.05) is 0 Å². The molecule has 108 valence electrons. The summed E-state index contributed by atoms with van der Waals surface area (Å²) < 4.78 is 6.67. The Morgan fingerprint density at radius 3 is 3.05 bits per heavy atom. The van der Waals surface area contributed by atoms with Gasteiger partial charge in [-0.05, 0) is 25.5 Å². The van der Waals surface area contributed by atoms with Gasteiger partial charge in [0.25, 0.3) is 0 Å². The first kappa shape index (κ1) is 14.3. The summed E-state index contributed by atoms with van der Waals surface area (Å²) in [6.07, 6.45) is 4.06. The fourth-order valence-electron chi connectivity index (χ4n) is 1.71. The zero-order valence-corrected chi connectivity index (χ0v) is 11.6. The molecule has 0 radical (unpaired) electrons. The number of furan rings is 1. The van der Waals surface area contributed by atoms with Gasteiger partial charge in [0.2, 0.25) is 5.91 Å². The smallest absolute Gasteiger partial charge is 0.245 e. The second-order valence-corrected chi connectivity index (χ2v) is 4.61. The average Bonchev–Trinajstić information content (AvgIpc) is 3.13. The van der Waals surface area contributed by atoms with Crippen LogP contribution in [0.2, 0.25) is 0 Å². The molecule has 0 aliphatic heterocycles. The Hall–Kier alpha value is -2.15. The van der Waals surface area contributed by atoms with Crippen molar-refractivity contribution in [3.05, 3.63) is 36.0 Å². The summed E-state index contributed by atoms with van der Waals surface area (Å²) in [6, 6.07) is 2.98. The molecular formula is C13H19N5O2. The second kappa shape index (κ2) is 6.33. The van der Waals surface area contributed by atoms with E-state index in [1.165, 1.54) is 4.68 Å². The van der Waals surface area contributed by atoms with Gasteiger partial charge in [-0.1, -0.05) is 12.1 Å². The van der Waals surface area contributed by atoms with E-state index in [0.717, 1.165) is 6.42 Å². The molecule has 0 bridgehead atoms. The van der Waals surface area contributed by atoms with E-state index in [4.69, 9.17) is 10.2 Å². The largest absolute Gasteiger partial charge is 0.467 e. The molecule has 0 spiro atoms. The van der Waals surface area contributed by atoms with Gasteiger partial charge >= 0.3 is 0 Å². The quantitative estimate of drug-likeness (QED) is 0.825. The van der Waals surface area contributed by atoms with E-state index in [-0.39, 0.29) is 11.9 Å². The lowest BCUT2D eigenvalue weighted by molar-refractivity contribution is -0.124. The van der Waals surface area contributed by atoms with Crippen molar-refractivity contribution in [2.45, 2.75) is 38.9 Å².